The van der Waals surface area contributed by atoms with E-state index >= 15 is 0 Å². The molecule has 0 unspecified atom stereocenters. The van der Waals surface area contributed by atoms with Crippen LogP contribution in [0.1, 0.15) is 63.3 Å². The van der Waals surface area contributed by atoms with Gasteiger partial charge in [-0.3, -0.25) is 19.3 Å². The number of fused-ring (bicyclic) bond motifs is 1. The zero-order chi connectivity index (χ0) is 24.4. The second-order valence-electron chi connectivity index (χ2n) is 8.14. The zero-order valence-electron chi connectivity index (χ0n) is 19.1. The second-order valence-corrected chi connectivity index (χ2v) is 9.02. The molecule has 0 atom stereocenters. The lowest BCUT2D eigenvalue weighted by Crippen LogP contribution is -2.37. The summed E-state index contributed by atoms with van der Waals surface area (Å²) in [6.07, 6.45) is 0. The zero-order valence-corrected chi connectivity index (χ0v) is 19.9. The molecule has 0 radical (unpaired) electrons. The van der Waals surface area contributed by atoms with Crippen molar-refractivity contribution in [1.29, 1.82) is 0 Å². The molecule has 7 nitrogen and oxygen atoms in total. The van der Waals surface area contributed by atoms with Gasteiger partial charge in [0.1, 0.15) is 17.1 Å². The summed E-state index contributed by atoms with van der Waals surface area (Å²) >= 11 is 1.19. The standard InChI is InChI=1S/C26H24N2O5S/c1-4-33-26(32)22-20(17-11-9-16(10-12-17)15(2)3)14-34-23(22)27-21(29)13-28-24(30)18-7-5-6-8-19(18)25(28)31/h5-12,14-15H,4,13H2,1-3H3,(H,27,29). The molecule has 3 aromatic rings. The minimum absolute atomic E-state index is 0.183. The van der Waals surface area contributed by atoms with Crippen molar-refractivity contribution in [2.45, 2.75) is 26.7 Å². The highest BCUT2D eigenvalue weighted by Gasteiger charge is 2.36. The first kappa shape index (κ1) is 23.4. The normalized spacial score (nSPS) is 12.8. The van der Waals surface area contributed by atoms with Crippen molar-refractivity contribution in [2.75, 3.05) is 18.5 Å². The summed E-state index contributed by atoms with van der Waals surface area (Å²) in [7, 11) is 0. The average Bonchev–Trinajstić information content (AvgIpc) is 3.34. The van der Waals surface area contributed by atoms with E-state index in [1.165, 1.54) is 16.9 Å². The third-order valence-corrected chi connectivity index (χ3v) is 6.49. The van der Waals surface area contributed by atoms with Gasteiger partial charge >= 0.3 is 5.97 Å². The molecule has 2 aromatic carbocycles. The summed E-state index contributed by atoms with van der Waals surface area (Å²) in [6.45, 7) is 5.65. The maximum atomic E-state index is 12.8. The Labute approximate surface area is 201 Å². The number of esters is 1. The number of ether oxygens (including phenoxy) is 1. The van der Waals surface area contributed by atoms with E-state index in [4.69, 9.17) is 4.74 Å². The fourth-order valence-corrected chi connectivity index (χ4v) is 4.78. The van der Waals surface area contributed by atoms with Crippen molar-refractivity contribution < 1.29 is 23.9 Å². The number of anilines is 1. The van der Waals surface area contributed by atoms with Gasteiger partial charge in [0, 0.05) is 10.9 Å². The lowest BCUT2D eigenvalue weighted by atomic mass is 9.98. The van der Waals surface area contributed by atoms with Crippen LogP contribution in [-0.2, 0) is 9.53 Å². The van der Waals surface area contributed by atoms with E-state index in [1.54, 1.807) is 36.6 Å². The van der Waals surface area contributed by atoms with Gasteiger partial charge in [0.05, 0.1) is 17.7 Å². The molecule has 0 aliphatic carbocycles. The fourth-order valence-electron chi connectivity index (χ4n) is 3.81. The first-order valence-electron chi connectivity index (χ1n) is 11.0. The average molecular weight is 477 g/mol. The molecule has 8 heteroatoms. The number of hydrogen-bond donors (Lipinski definition) is 1. The third-order valence-electron chi connectivity index (χ3n) is 5.59. The number of benzene rings is 2. The van der Waals surface area contributed by atoms with Gasteiger partial charge in [0.25, 0.3) is 11.8 Å². The molecule has 0 spiro atoms. The largest absolute Gasteiger partial charge is 0.462 e. The summed E-state index contributed by atoms with van der Waals surface area (Å²) in [4.78, 5) is 51.6. The van der Waals surface area contributed by atoms with Crippen LogP contribution < -0.4 is 5.32 Å². The van der Waals surface area contributed by atoms with Crippen LogP contribution in [0.2, 0.25) is 0 Å². The first-order chi connectivity index (χ1) is 16.3. The molecular formula is C26H24N2O5S. The maximum Gasteiger partial charge on any atom is 0.341 e. The molecule has 0 fully saturated rings. The highest BCUT2D eigenvalue weighted by Crippen LogP contribution is 2.37. The summed E-state index contributed by atoms with van der Waals surface area (Å²) in [5.41, 5.74) is 3.44. The van der Waals surface area contributed by atoms with Crippen molar-refractivity contribution in [1.82, 2.24) is 4.90 Å². The van der Waals surface area contributed by atoms with Crippen LogP contribution >= 0.6 is 11.3 Å². The number of hydrogen-bond acceptors (Lipinski definition) is 6. The van der Waals surface area contributed by atoms with E-state index in [2.05, 4.69) is 19.2 Å². The van der Waals surface area contributed by atoms with Crippen molar-refractivity contribution in [2.24, 2.45) is 0 Å². The van der Waals surface area contributed by atoms with Crippen molar-refractivity contribution in [3.8, 4) is 11.1 Å². The van der Waals surface area contributed by atoms with Crippen molar-refractivity contribution >= 4 is 40.0 Å². The van der Waals surface area contributed by atoms with Crippen LogP contribution in [0.4, 0.5) is 5.00 Å². The Hall–Kier alpha value is -3.78. The maximum absolute atomic E-state index is 12.8. The Kier molecular flexibility index (Phi) is 6.61. The van der Waals surface area contributed by atoms with Gasteiger partial charge < -0.3 is 10.1 Å². The quantitative estimate of drug-likeness (QED) is 0.385. The van der Waals surface area contributed by atoms with Gasteiger partial charge in [-0.15, -0.1) is 11.3 Å². The lowest BCUT2D eigenvalue weighted by molar-refractivity contribution is -0.116. The van der Waals surface area contributed by atoms with Gasteiger partial charge in [-0.05, 0) is 36.1 Å². The predicted molar refractivity (Wildman–Crippen MR) is 130 cm³/mol. The number of nitrogens with zero attached hydrogens (tertiary/aromatic N) is 1. The highest BCUT2D eigenvalue weighted by molar-refractivity contribution is 7.15. The Morgan fingerprint density at radius 1 is 0.971 bits per heavy atom. The second kappa shape index (κ2) is 9.61. The minimum atomic E-state index is -0.580. The summed E-state index contributed by atoms with van der Waals surface area (Å²) in [5.74, 6) is -1.79. The third kappa shape index (κ3) is 4.36. The van der Waals surface area contributed by atoms with E-state index in [-0.39, 0.29) is 23.3 Å². The lowest BCUT2D eigenvalue weighted by Gasteiger charge is -2.14. The molecule has 0 saturated heterocycles. The number of amides is 3. The molecular weight excluding hydrogens is 452 g/mol. The number of imide groups is 1. The molecule has 1 aliphatic heterocycles. The molecule has 34 heavy (non-hydrogen) atoms. The van der Waals surface area contributed by atoms with Crippen LogP contribution in [0.3, 0.4) is 0 Å². The van der Waals surface area contributed by atoms with Crippen LogP contribution in [0, 0.1) is 0 Å². The fraction of sp³-hybridized carbons (Fsp3) is 0.231. The Bertz CT molecular complexity index is 1240. The number of carbonyl (C=O) groups excluding carboxylic acids is 4. The van der Waals surface area contributed by atoms with Crippen LogP contribution in [0.15, 0.2) is 53.9 Å². The van der Waals surface area contributed by atoms with Crippen LogP contribution in [0.25, 0.3) is 11.1 Å². The minimum Gasteiger partial charge on any atom is -0.462 e. The topological polar surface area (TPSA) is 92.8 Å². The molecule has 1 N–H and O–H groups in total. The van der Waals surface area contributed by atoms with E-state index < -0.39 is 30.2 Å². The molecule has 174 valence electrons. The monoisotopic (exact) mass is 476 g/mol. The van der Waals surface area contributed by atoms with E-state index in [1.807, 2.05) is 24.3 Å². The van der Waals surface area contributed by atoms with Crippen LogP contribution in [0.5, 0.6) is 0 Å². The Morgan fingerprint density at radius 2 is 1.59 bits per heavy atom. The Balaban J connectivity index is 1.58. The predicted octanol–water partition coefficient (Wildman–Crippen LogP) is 4.95. The van der Waals surface area contributed by atoms with Gasteiger partial charge in [0.15, 0.2) is 0 Å². The smallest absolute Gasteiger partial charge is 0.341 e. The molecule has 1 aromatic heterocycles. The Morgan fingerprint density at radius 3 is 2.15 bits per heavy atom. The van der Waals surface area contributed by atoms with E-state index in [0.717, 1.165) is 10.5 Å². The van der Waals surface area contributed by atoms with Gasteiger partial charge in [-0.25, -0.2) is 4.79 Å². The van der Waals surface area contributed by atoms with E-state index in [0.29, 0.717) is 16.5 Å². The summed E-state index contributed by atoms with van der Waals surface area (Å²) in [6, 6.07) is 14.3. The van der Waals surface area contributed by atoms with Crippen LogP contribution in [-0.4, -0.2) is 41.7 Å². The number of thiophene rings is 1. The van der Waals surface area contributed by atoms with Gasteiger partial charge in [-0.1, -0.05) is 50.2 Å². The number of nitrogens with one attached hydrogen (secondary N) is 1. The van der Waals surface area contributed by atoms with Gasteiger partial charge in [-0.2, -0.15) is 0 Å². The molecule has 3 amide bonds. The van der Waals surface area contributed by atoms with Crippen molar-refractivity contribution in [3.05, 3.63) is 76.2 Å². The molecule has 1 aliphatic rings. The summed E-state index contributed by atoms with van der Waals surface area (Å²) in [5, 5.41) is 4.79. The summed E-state index contributed by atoms with van der Waals surface area (Å²) < 4.78 is 5.24. The number of carbonyl (C=O) groups is 4. The van der Waals surface area contributed by atoms with Crippen molar-refractivity contribution in [3.63, 3.8) is 0 Å². The SMILES string of the molecule is CCOC(=O)c1c(-c2ccc(C(C)C)cc2)csc1NC(=O)CN1C(=O)c2ccccc2C1=O. The molecule has 0 saturated carbocycles. The molecule has 4 rings (SSSR count). The van der Waals surface area contributed by atoms with Gasteiger partial charge in [0.2, 0.25) is 5.91 Å². The molecule has 2 heterocycles. The highest BCUT2D eigenvalue weighted by atomic mass is 32.1. The van der Waals surface area contributed by atoms with E-state index in [9.17, 15) is 19.2 Å². The number of rotatable bonds is 7. The first-order valence-corrected chi connectivity index (χ1v) is 11.8. The molecule has 0 bridgehead atoms.